The Morgan fingerprint density at radius 3 is 2.15 bits per heavy atom. The maximum absolute atomic E-state index is 11.1. The molecule has 0 unspecified atom stereocenters. The zero-order chi connectivity index (χ0) is 8.11. The van der Waals surface area contributed by atoms with Gasteiger partial charge in [0.25, 0.3) is 0 Å². The third-order valence-corrected chi connectivity index (χ3v) is 2.95. The molecular formula is C7H14Cl2N2O2. The van der Waals surface area contributed by atoms with E-state index in [0.717, 1.165) is 19.3 Å². The molecule has 0 saturated heterocycles. The van der Waals surface area contributed by atoms with Crippen molar-refractivity contribution in [1.29, 1.82) is 0 Å². The highest BCUT2D eigenvalue weighted by molar-refractivity contribution is 5.85. The lowest BCUT2D eigenvalue weighted by molar-refractivity contribution is -0.202. The first-order valence-corrected chi connectivity index (χ1v) is 3.73. The summed E-state index contributed by atoms with van der Waals surface area (Å²) in [7, 11) is 1.44. The lowest BCUT2D eigenvalue weighted by Gasteiger charge is -2.67. The molecule has 13 heavy (non-hydrogen) atoms. The van der Waals surface area contributed by atoms with E-state index in [1.807, 2.05) is 0 Å². The molecular weight excluding hydrogens is 215 g/mol. The summed E-state index contributed by atoms with van der Waals surface area (Å²) in [6, 6.07) is 0. The number of esters is 1. The molecule has 0 aromatic rings. The monoisotopic (exact) mass is 228 g/mol. The van der Waals surface area contributed by atoms with Gasteiger partial charge in [-0.05, 0) is 19.3 Å². The summed E-state index contributed by atoms with van der Waals surface area (Å²) in [5.41, 5.74) is 2.65. The first-order valence-electron chi connectivity index (χ1n) is 3.73. The van der Waals surface area contributed by atoms with Gasteiger partial charge in [-0.1, -0.05) is 0 Å². The number of nitrogens with one attached hydrogen (secondary N) is 1. The van der Waals surface area contributed by atoms with Crippen molar-refractivity contribution in [1.82, 2.24) is 5.43 Å². The van der Waals surface area contributed by atoms with E-state index < -0.39 is 0 Å². The molecule has 0 radical (unpaired) electrons. The molecule has 3 aliphatic carbocycles. The second kappa shape index (κ2) is 3.61. The van der Waals surface area contributed by atoms with Gasteiger partial charge >= 0.3 is 5.97 Å². The Balaban J connectivity index is 0.000000720. The van der Waals surface area contributed by atoms with Gasteiger partial charge in [0.05, 0.1) is 12.5 Å². The molecule has 0 atom stereocenters. The Kier molecular flexibility index (Phi) is 3.60. The Morgan fingerprint density at radius 1 is 1.38 bits per heavy atom. The summed E-state index contributed by atoms with van der Waals surface area (Å²) in [6.45, 7) is 0. The van der Waals surface area contributed by atoms with Crippen molar-refractivity contribution in [2.24, 2.45) is 11.3 Å². The minimum absolute atomic E-state index is 0. The molecule has 3 rings (SSSR count). The minimum atomic E-state index is -0.166. The van der Waals surface area contributed by atoms with Crippen molar-refractivity contribution >= 4 is 30.8 Å². The van der Waals surface area contributed by atoms with E-state index in [1.165, 1.54) is 7.11 Å². The fourth-order valence-electron chi connectivity index (χ4n) is 2.37. The maximum Gasteiger partial charge on any atom is 0.312 e. The SMILES string of the molecule is COC(=O)C12CC(NN)(C1)C2.Cl.Cl. The van der Waals surface area contributed by atoms with Crippen LogP contribution < -0.4 is 11.3 Å². The van der Waals surface area contributed by atoms with Crippen LogP contribution >= 0.6 is 24.8 Å². The summed E-state index contributed by atoms with van der Waals surface area (Å²) < 4.78 is 4.68. The smallest absolute Gasteiger partial charge is 0.312 e. The average molecular weight is 229 g/mol. The fourth-order valence-corrected chi connectivity index (χ4v) is 2.37. The number of carbonyl (C=O) groups is 1. The van der Waals surface area contributed by atoms with E-state index in [4.69, 9.17) is 5.84 Å². The van der Waals surface area contributed by atoms with Gasteiger partial charge in [0.2, 0.25) is 0 Å². The van der Waals surface area contributed by atoms with Crippen LogP contribution in [0.25, 0.3) is 0 Å². The van der Waals surface area contributed by atoms with Gasteiger partial charge in [-0.2, -0.15) is 0 Å². The summed E-state index contributed by atoms with van der Waals surface area (Å²) >= 11 is 0. The molecule has 3 saturated carbocycles. The number of hydrazine groups is 1. The Bertz CT molecular complexity index is 203. The van der Waals surface area contributed by atoms with Gasteiger partial charge in [0, 0.05) is 5.54 Å². The Morgan fingerprint density at radius 2 is 1.85 bits per heavy atom. The topological polar surface area (TPSA) is 64.3 Å². The molecule has 0 aromatic carbocycles. The van der Waals surface area contributed by atoms with Gasteiger partial charge in [-0.3, -0.25) is 16.1 Å². The van der Waals surface area contributed by atoms with E-state index in [-0.39, 0.29) is 41.7 Å². The van der Waals surface area contributed by atoms with Gasteiger partial charge in [0.15, 0.2) is 0 Å². The second-order valence-corrected chi connectivity index (χ2v) is 3.73. The molecule has 0 aliphatic heterocycles. The fraction of sp³-hybridized carbons (Fsp3) is 0.857. The van der Waals surface area contributed by atoms with Crippen LogP contribution in [0.1, 0.15) is 19.3 Å². The highest BCUT2D eigenvalue weighted by atomic mass is 35.5. The van der Waals surface area contributed by atoms with E-state index in [2.05, 4.69) is 10.2 Å². The molecule has 4 nitrogen and oxygen atoms in total. The van der Waals surface area contributed by atoms with Crippen molar-refractivity contribution in [3.63, 3.8) is 0 Å². The zero-order valence-electron chi connectivity index (χ0n) is 7.33. The molecule has 0 spiro atoms. The number of rotatable bonds is 2. The molecule has 3 aliphatic rings. The van der Waals surface area contributed by atoms with Crippen molar-refractivity contribution in [3.05, 3.63) is 0 Å². The number of ether oxygens (including phenoxy) is 1. The molecule has 3 fully saturated rings. The summed E-state index contributed by atoms with van der Waals surface area (Å²) in [5.74, 6) is 5.23. The molecule has 0 amide bonds. The van der Waals surface area contributed by atoms with Gasteiger partial charge in [0.1, 0.15) is 0 Å². The molecule has 3 N–H and O–H groups in total. The third-order valence-electron chi connectivity index (χ3n) is 2.95. The number of hydrogen-bond donors (Lipinski definition) is 2. The molecule has 2 bridgehead atoms. The van der Waals surface area contributed by atoms with E-state index in [0.29, 0.717) is 0 Å². The lowest BCUT2D eigenvalue weighted by atomic mass is 9.39. The largest absolute Gasteiger partial charge is 0.469 e. The summed E-state index contributed by atoms with van der Waals surface area (Å²) in [5, 5.41) is 0. The molecule has 0 heterocycles. The molecule has 78 valence electrons. The van der Waals surface area contributed by atoms with Crippen LogP contribution in [0.2, 0.25) is 0 Å². The first-order chi connectivity index (χ1) is 5.16. The van der Waals surface area contributed by atoms with Gasteiger partial charge in [-0.25, -0.2) is 0 Å². The number of methoxy groups -OCH3 is 1. The highest BCUT2D eigenvalue weighted by Gasteiger charge is 2.72. The van der Waals surface area contributed by atoms with Crippen molar-refractivity contribution < 1.29 is 9.53 Å². The van der Waals surface area contributed by atoms with Crippen molar-refractivity contribution in [2.75, 3.05) is 7.11 Å². The van der Waals surface area contributed by atoms with E-state index in [9.17, 15) is 4.79 Å². The van der Waals surface area contributed by atoms with Gasteiger partial charge < -0.3 is 4.74 Å². The van der Waals surface area contributed by atoms with E-state index in [1.54, 1.807) is 0 Å². The van der Waals surface area contributed by atoms with Crippen LogP contribution in [0.5, 0.6) is 0 Å². The predicted molar refractivity (Wildman–Crippen MR) is 52.9 cm³/mol. The normalized spacial score (nSPS) is 38.6. The van der Waals surface area contributed by atoms with Crippen LogP contribution in [-0.4, -0.2) is 18.6 Å². The number of carbonyl (C=O) groups excluding carboxylic acids is 1. The number of nitrogens with two attached hydrogens (primary N) is 1. The average Bonchev–Trinajstić information content (AvgIpc) is 1.83. The maximum atomic E-state index is 11.1. The van der Waals surface area contributed by atoms with Crippen molar-refractivity contribution in [2.45, 2.75) is 24.8 Å². The first kappa shape index (κ1) is 13.0. The van der Waals surface area contributed by atoms with Crippen LogP contribution in [0.3, 0.4) is 0 Å². The molecule has 6 heteroatoms. The zero-order valence-corrected chi connectivity index (χ0v) is 8.96. The second-order valence-electron chi connectivity index (χ2n) is 3.73. The standard InChI is InChI=1S/C7H12N2O2.2ClH/c1-11-5(10)6-2-7(3-6,4-6)9-8;;/h9H,2-4,8H2,1H3;2*1H. The van der Waals surface area contributed by atoms with E-state index >= 15 is 0 Å². The van der Waals surface area contributed by atoms with Gasteiger partial charge in [-0.15, -0.1) is 24.8 Å². The quantitative estimate of drug-likeness (QED) is 0.408. The number of hydrogen-bond acceptors (Lipinski definition) is 4. The van der Waals surface area contributed by atoms with Crippen molar-refractivity contribution in [3.8, 4) is 0 Å². The molecule has 0 aromatic heterocycles. The lowest BCUT2D eigenvalue weighted by Crippen LogP contribution is -2.77. The minimum Gasteiger partial charge on any atom is -0.469 e. The Labute approximate surface area is 89.4 Å². The summed E-state index contributed by atoms with van der Waals surface area (Å²) in [4.78, 5) is 11.1. The van der Waals surface area contributed by atoms with Crippen LogP contribution in [0.4, 0.5) is 0 Å². The predicted octanol–water partition coefficient (Wildman–Crippen LogP) is 0.389. The number of halogens is 2. The Hall–Kier alpha value is -0.0300. The third kappa shape index (κ3) is 1.42. The van der Waals surface area contributed by atoms with Crippen LogP contribution in [0, 0.1) is 5.41 Å². The summed E-state index contributed by atoms with van der Waals surface area (Å²) in [6.07, 6.45) is 2.55. The highest BCUT2D eigenvalue weighted by Crippen LogP contribution is 2.67. The van der Waals surface area contributed by atoms with Crippen LogP contribution in [-0.2, 0) is 9.53 Å². The van der Waals surface area contributed by atoms with Crippen LogP contribution in [0.15, 0.2) is 0 Å².